The van der Waals surface area contributed by atoms with E-state index in [1.807, 2.05) is 34.7 Å². The van der Waals surface area contributed by atoms with Crippen molar-refractivity contribution in [2.75, 3.05) is 97.8 Å². The van der Waals surface area contributed by atoms with Crippen LogP contribution in [0.1, 0.15) is 59.3 Å². The lowest BCUT2D eigenvalue weighted by Crippen LogP contribution is -2.51. The first kappa shape index (κ1) is 54.4. The van der Waals surface area contributed by atoms with E-state index in [2.05, 4.69) is 40.9 Å². The van der Waals surface area contributed by atoms with E-state index in [0.29, 0.717) is 87.8 Å². The molecule has 1 unspecified atom stereocenters. The molecule has 2 aromatic heterocycles. The van der Waals surface area contributed by atoms with Crippen molar-refractivity contribution in [1.29, 1.82) is 0 Å². The Balaban J connectivity index is 1.26. The van der Waals surface area contributed by atoms with Crippen LogP contribution in [0.15, 0.2) is 58.6 Å². The van der Waals surface area contributed by atoms with Gasteiger partial charge in [0.1, 0.15) is 17.4 Å². The molecule has 3 amide bonds. The van der Waals surface area contributed by atoms with Gasteiger partial charge in [0.2, 0.25) is 27.3 Å². The number of sulfonamides is 1. The second kappa shape index (κ2) is 25.9. The number of anilines is 1. The highest BCUT2D eigenvalue weighted by Crippen LogP contribution is 2.22. The van der Waals surface area contributed by atoms with Gasteiger partial charge in [0.05, 0.1) is 36.5 Å². The molecule has 21 nitrogen and oxygen atoms in total. The molecule has 1 saturated heterocycles. The summed E-state index contributed by atoms with van der Waals surface area (Å²) in [4.78, 5) is 82.5. The van der Waals surface area contributed by atoms with Crippen molar-refractivity contribution in [1.82, 2.24) is 54.8 Å². The quantitative estimate of drug-likeness (QED) is 0.0514. The zero-order valence-corrected chi connectivity index (χ0v) is 41.5. The third kappa shape index (κ3) is 15.7. The van der Waals surface area contributed by atoms with Crippen molar-refractivity contribution in [2.24, 2.45) is 0 Å². The predicted molar refractivity (Wildman–Crippen MR) is 263 cm³/mol. The fourth-order valence-electron chi connectivity index (χ4n) is 8.29. The Labute approximate surface area is 404 Å². The molecule has 5 rings (SSSR count). The summed E-state index contributed by atoms with van der Waals surface area (Å²) in [5.74, 6) is -1.45. The Morgan fingerprint density at radius 3 is 2.12 bits per heavy atom. The van der Waals surface area contributed by atoms with E-state index in [1.54, 1.807) is 62.0 Å². The Hall–Kier alpha value is -5.59. The molecular weight excluding hydrogens is 909 g/mol. The fourth-order valence-corrected chi connectivity index (χ4v) is 10.0. The average Bonchev–Trinajstić information content (AvgIpc) is 3.83. The minimum atomic E-state index is -4.18. The van der Waals surface area contributed by atoms with E-state index in [0.717, 1.165) is 17.7 Å². The number of likely N-dealkylation sites (N-methyl/N-ethyl adjacent to an activating group) is 1. The zero-order valence-electron chi connectivity index (χ0n) is 40.6. The van der Waals surface area contributed by atoms with Crippen LogP contribution in [0.3, 0.4) is 0 Å². The molecule has 1 fully saturated rings. The summed E-state index contributed by atoms with van der Waals surface area (Å²) in [7, 11) is -2.19. The molecule has 69 heavy (non-hydrogen) atoms. The number of nitrogens with zero attached hydrogens (tertiary/aromatic N) is 6. The van der Waals surface area contributed by atoms with Crippen molar-refractivity contribution in [3.63, 3.8) is 0 Å². The number of aliphatic hydroxyl groups excluding tert-OH is 2. The van der Waals surface area contributed by atoms with Crippen molar-refractivity contribution < 1.29 is 37.8 Å². The number of aliphatic hydroxyl groups is 2. The van der Waals surface area contributed by atoms with Crippen LogP contribution in [0.25, 0.3) is 10.9 Å². The topological polar surface area (TPSA) is 267 Å². The van der Waals surface area contributed by atoms with Crippen LogP contribution in [-0.4, -0.2) is 181 Å². The van der Waals surface area contributed by atoms with Crippen LogP contribution in [-0.2, 0) is 37.5 Å². The number of nitrogens with one attached hydrogen (secondary N) is 6. The highest BCUT2D eigenvalue weighted by molar-refractivity contribution is 7.89. The van der Waals surface area contributed by atoms with Crippen LogP contribution < -0.4 is 31.4 Å². The molecule has 3 heterocycles. The average molecular weight is 979 g/mol. The van der Waals surface area contributed by atoms with Gasteiger partial charge in [-0.2, -0.15) is 4.72 Å². The van der Waals surface area contributed by atoms with E-state index in [1.165, 1.54) is 13.1 Å². The summed E-state index contributed by atoms with van der Waals surface area (Å²) in [5, 5.41) is 31.5. The molecule has 0 radical (unpaired) electrons. The van der Waals surface area contributed by atoms with E-state index in [9.17, 15) is 42.6 Å². The number of ketones is 1. The van der Waals surface area contributed by atoms with Crippen LogP contribution >= 0.6 is 0 Å². The van der Waals surface area contributed by atoms with Gasteiger partial charge in [0.25, 0.3) is 5.91 Å². The van der Waals surface area contributed by atoms with Crippen LogP contribution in [0, 0.1) is 20.8 Å². The first-order valence-electron chi connectivity index (χ1n) is 23.3. The molecule has 2 atom stereocenters. The first-order chi connectivity index (χ1) is 32.9. The fraction of sp³-hybridized carbons (Fsp3) is 0.532. The number of fused-ring (bicyclic) bond motifs is 1. The molecule has 2 aromatic carbocycles. The molecule has 0 spiro atoms. The summed E-state index contributed by atoms with van der Waals surface area (Å²) < 4.78 is 31.3. The smallest absolute Gasteiger partial charge is 0.256 e. The van der Waals surface area contributed by atoms with Gasteiger partial charge in [-0.15, -0.1) is 0 Å². The predicted octanol–water partition coefficient (Wildman–Crippen LogP) is 0.0800. The van der Waals surface area contributed by atoms with Gasteiger partial charge in [-0.3, -0.25) is 38.7 Å². The number of carbonyl (C=O) groups excluding carboxylic acids is 4. The number of hydrogen-bond donors (Lipinski definition) is 8. The van der Waals surface area contributed by atoms with Crippen LogP contribution in [0.4, 0.5) is 5.95 Å². The lowest BCUT2D eigenvalue weighted by Gasteiger charge is -2.32. The van der Waals surface area contributed by atoms with E-state index in [-0.39, 0.29) is 60.8 Å². The number of benzene rings is 2. The molecular formula is C47H70N12O9S. The molecule has 4 aromatic rings. The number of aryl methyl sites for hydroxylation is 4. The van der Waals surface area contributed by atoms with E-state index < -0.39 is 45.8 Å². The number of pyridine rings is 1. The van der Waals surface area contributed by atoms with Crippen LogP contribution in [0.5, 0.6) is 0 Å². The van der Waals surface area contributed by atoms with Gasteiger partial charge in [-0.1, -0.05) is 30.7 Å². The normalized spacial score (nSPS) is 16.0. The summed E-state index contributed by atoms with van der Waals surface area (Å²) in [6.45, 7) is 13.3. The molecule has 0 saturated carbocycles. The Bertz CT molecular complexity index is 2530. The SMILES string of the molecule is CC[C@H](NC(=O)CN1CCN(C)CCN(CO)CCN(CO)CC1)C(=O)NCCCn1cc(C(=O)NCC(NS(=O)(=O)c2c(C)cc(C)cc2C)C(C)=O)c(=O)c2ccc(CNc3ncc[nH]3)cc21. The van der Waals surface area contributed by atoms with Gasteiger partial charge in [-0.25, -0.2) is 13.4 Å². The van der Waals surface area contributed by atoms with Gasteiger partial charge >= 0.3 is 0 Å². The molecule has 378 valence electrons. The minimum Gasteiger partial charge on any atom is -0.381 e. The second-order valence-electron chi connectivity index (χ2n) is 17.7. The van der Waals surface area contributed by atoms with Gasteiger partial charge in [0, 0.05) is 103 Å². The number of imidazole rings is 1. The molecule has 1 aliphatic rings. The zero-order chi connectivity index (χ0) is 50.3. The number of amides is 3. The number of H-pyrrole nitrogens is 1. The summed E-state index contributed by atoms with van der Waals surface area (Å²) >= 11 is 0. The number of carbonyl (C=O) groups is 4. The Morgan fingerprint density at radius 2 is 1.51 bits per heavy atom. The Kier molecular flexibility index (Phi) is 20.4. The van der Waals surface area contributed by atoms with Crippen LogP contribution in [0.2, 0.25) is 0 Å². The number of aromatic nitrogens is 3. The number of hydrogen-bond acceptors (Lipinski definition) is 15. The van der Waals surface area contributed by atoms with Crippen molar-refractivity contribution in [3.8, 4) is 0 Å². The molecule has 0 aliphatic carbocycles. The monoisotopic (exact) mass is 979 g/mol. The van der Waals surface area contributed by atoms with Gasteiger partial charge in [-0.05, 0) is 76.4 Å². The van der Waals surface area contributed by atoms with Crippen molar-refractivity contribution in [2.45, 2.75) is 77.5 Å². The van der Waals surface area contributed by atoms with Gasteiger partial charge in [0.15, 0.2) is 5.95 Å². The Morgan fingerprint density at radius 1 is 0.870 bits per heavy atom. The van der Waals surface area contributed by atoms with Gasteiger partial charge < -0.3 is 45.9 Å². The van der Waals surface area contributed by atoms with E-state index >= 15 is 0 Å². The summed E-state index contributed by atoms with van der Waals surface area (Å²) in [6, 6.07) is 6.56. The molecule has 22 heteroatoms. The summed E-state index contributed by atoms with van der Waals surface area (Å²) in [6.07, 6.45) is 5.43. The lowest BCUT2D eigenvalue weighted by atomic mass is 10.1. The lowest BCUT2D eigenvalue weighted by molar-refractivity contribution is -0.129. The molecule has 1 aliphatic heterocycles. The summed E-state index contributed by atoms with van der Waals surface area (Å²) in [5.41, 5.74) is 2.45. The molecule has 8 N–H and O–H groups in total. The third-order valence-electron chi connectivity index (χ3n) is 12.2. The maximum atomic E-state index is 14.0. The second-order valence-corrected chi connectivity index (χ2v) is 19.4. The maximum absolute atomic E-state index is 14.0. The van der Waals surface area contributed by atoms with Crippen molar-refractivity contribution in [3.05, 3.63) is 87.0 Å². The third-order valence-corrected chi connectivity index (χ3v) is 14.0. The highest BCUT2D eigenvalue weighted by Gasteiger charge is 2.28. The van der Waals surface area contributed by atoms with E-state index in [4.69, 9.17) is 0 Å². The number of Topliss-reactive ketones (excluding diaryl/α,β-unsaturated/α-hetero) is 1. The highest BCUT2D eigenvalue weighted by atomic mass is 32.2. The molecule has 0 bridgehead atoms. The largest absolute Gasteiger partial charge is 0.381 e. The minimum absolute atomic E-state index is 0.0475. The first-order valence-corrected chi connectivity index (χ1v) is 24.8. The maximum Gasteiger partial charge on any atom is 0.256 e. The van der Waals surface area contributed by atoms with Crippen molar-refractivity contribution >= 4 is 50.4 Å². The standard InChI is InChI=1S/C47H70N12O9S/c1-7-39(53-42(63)29-56-17-15-55(6)16-18-57(30-60)21-22-58(31-61)20-19-56)46(66)48-11-8-14-59-28-38(43(64)37-10-9-36(25-41(37)59)26-52-47-49-12-13-50-47)45(65)51-27-40(35(5)62)54-69(67,68)44-33(3)23-32(2)24-34(44)4/h9-10,12-13,23-25,28,39-40,54,60-61H,7-8,11,14-22,26-27,29-31H2,1-6H3,(H,48,66)(H,51,65)(H,53,63)(H2,49,50,52)/t39-,40?/m0/s1. The number of rotatable bonds is 21. The number of aromatic amines is 1.